The average molecular weight is 276 g/mol. The molecule has 0 amide bonds. The Labute approximate surface area is 118 Å². The highest BCUT2D eigenvalue weighted by atomic mass is 32.2. The number of aromatic amines is 1. The van der Waals surface area contributed by atoms with E-state index in [0.717, 1.165) is 22.5 Å². The zero-order chi connectivity index (χ0) is 13.5. The second-order valence-electron chi connectivity index (χ2n) is 4.48. The molecule has 1 aromatic heterocycles. The van der Waals surface area contributed by atoms with Crippen LogP contribution in [0.5, 0.6) is 0 Å². The van der Waals surface area contributed by atoms with Gasteiger partial charge >= 0.3 is 0 Å². The van der Waals surface area contributed by atoms with E-state index in [1.807, 2.05) is 0 Å². The monoisotopic (exact) mass is 276 g/mol. The van der Waals surface area contributed by atoms with E-state index in [-0.39, 0.29) is 0 Å². The standard InChI is InChI=1S/C14H20N4S/c1-3-11(4-2)9-15-12-5-7-13(8-6-12)19-14-16-10-17-18-14/h5-8,10-11,15H,3-4,9H2,1-2H3,(H,16,17,18). The molecule has 0 saturated heterocycles. The van der Waals surface area contributed by atoms with Crippen molar-refractivity contribution in [2.24, 2.45) is 5.92 Å². The van der Waals surface area contributed by atoms with E-state index in [1.165, 1.54) is 24.9 Å². The molecule has 0 aliphatic carbocycles. The fraction of sp³-hybridized carbons (Fsp3) is 0.429. The summed E-state index contributed by atoms with van der Waals surface area (Å²) in [4.78, 5) is 5.25. The highest BCUT2D eigenvalue weighted by Gasteiger charge is 2.03. The van der Waals surface area contributed by atoms with Gasteiger partial charge in [-0.15, -0.1) is 0 Å². The smallest absolute Gasteiger partial charge is 0.188 e. The van der Waals surface area contributed by atoms with Gasteiger partial charge < -0.3 is 5.32 Å². The number of nitrogens with one attached hydrogen (secondary N) is 2. The lowest BCUT2D eigenvalue weighted by Crippen LogP contribution is -2.12. The number of rotatable bonds is 7. The molecule has 0 radical (unpaired) electrons. The number of benzene rings is 1. The highest BCUT2D eigenvalue weighted by molar-refractivity contribution is 7.99. The van der Waals surface area contributed by atoms with Crippen LogP contribution in [-0.2, 0) is 0 Å². The third-order valence-corrected chi connectivity index (χ3v) is 4.11. The first-order valence-electron chi connectivity index (χ1n) is 6.69. The molecule has 2 aromatic rings. The van der Waals surface area contributed by atoms with Gasteiger partial charge in [0, 0.05) is 17.1 Å². The van der Waals surface area contributed by atoms with Gasteiger partial charge in [-0.1, -0.05) is 38.5 Å². The first-order chi connectivity index (χ1) is 9.31. The van der Waals surface area contributed by atoms with E-state index in [0.29, 0.717) is 0 Å². The normalized spacial score (nSPS) is 10.9. The zero-order valence-corrected chi connectivity index (χ0v) is 12.2. The number of anilines is 1. The Hall–Kier alpha value is -1.49. The lowest BCUT2D eigenvalue weighted by atomic mass is 10.0. The van der Waals surface area contributed by atoms with Crippen LogP contribution < -0.4 is 5.32 Å². The molecule has 0 atom stereocenters. The maximum absolute atomic E-state index is 4.10. The lowest BCUT2D eigenvalue weighted by Gasteiger charge is -2.14. The van der Waals surface area contributed by atoms with Crippen LogP contribution in [0.15, 0.2) is 40.6 Å². The predicted molar refractivity (Wildman–Crippen MR) is 79.5 cm³/mol. The van der Waals surface area contributed by atoms with Crippen molar-refractivity contribution in [3.8, 4) is 0 Å². The van der Waals surface area contributed by atoms with Crippen LogP contribution in [0.25, 0.3) is 0 Å². The van der Waals surface area contributed by atoms with E-state index in [9.17, 15) is 0 Å². The summed E-state index contributed by atoms with van der Waals surface area (Å²) in [5.41, 5.74) is 1.17. The SMILES string of the molecule is CCC(CC)CNc1ccc(Sc2ncn[nH]2)cc1. The lowest BCUT2D eigenvalue weighted by molar-refractivity contribution is 0.519. The van der Waals surface area contributed by atoms with Crippen molar-refractivity contribution in [3.05, 3.63) is 30.6 Å². The Morgan fingerprint density at radius 1 is 1.21 bits per heavy atom. The van der Waals surface area contributed by atoms with Gasteiger partial charge in [0.2, 0.25) is 0 Å². The number of aromatic nitrogens is 3. The molecule has 0 unspecified atom stereocenters. The maximum Gasteiger partial charge on any atom is 0.188 e. The first kappa shape index (κ1) is 13.9. The summed E-state index contributed by atoms with van der Waals surface area (Å²) < 4.78 is 0. The van der Waals surface area contributed by atoms with Gasteiger partial charge in [0.15, 0.2) is 5.16 Å². The molecule has 0 aliphatic heterocycles. The largest absolute Gasteiger partial charge is 0.385 e. The molecule has 2 N–H and O–H groups in total. The van der Waals surface area contributed by atoms with Crippen LogP contribution in [0.2, 0.25) is 0 Å². The van der Waals surface area contributed by atoms with Crippen molar-refractivity contribution in [3.63, 3.8) is 0 Å². The molecule has 1 heterocycles. The zero-order valence-electron chi connectivity index (χ0n) is 11.4. The van der Waals surface area contributed by atoms with Gasteiger partial charge in [0.05, 0.1) is 0 Å². The van der Waals surface area contributed by atoms with Gasteiger partial charge in [-0.05, 0) is 30.2 Å². The van der Waals surface area contributed by atoms with Gasteiger partial charge in [-0.25, -0.2) is 4.98 Å². The van der Waals surface area contributed by atoms with Crippen molar-refractivity contribution in [2.45, 2.75) is 36.7 Å². The molecule has 4 nitrogen and oxygen atoms in total. The van der Waals surface area contributed by atoms with E-state index in [2.05, 4.69) is 58.6 Å². The molecule has 0 aliphatic rings. The molecule has 5 heteroatoms. The Morgan fingerprint density at radius 3 is 2.53 bits per heavy atom. The third kappa shape index (κ3) is 4.28. The van der Waals surface area contributed by atoms with Crippen molar-refractivity contribution in [2.75, 3.05) is 11.9 Å². The molecular weight excluding hydrogens is 256 g/mol. The molecule has 19 heavy (non-hydrogen) atoms. The summed E-state index contributed by atoms with van der Waals surface area (Å²) in [5, 5.41) is 11.0. The Morgan fingerprint density at radius 2 is 1.95 bits per heavy atom. The van der Waals surface area contributed by atoms with Crippen LogP contribution in [0.4, 0.5) is 5.69 Å². The second kappa shape index (κ2) is 7.19. The Kier molecular flexibility index (Phi) is 5.27. The fourth-order valence-corrected chi connectivity index (χ4v) is 2.53. The van der Waals surface area contributed by atoms with Crippen LogP contribution in [0.3, 0.4) is 0 Å². The molecule has 0 fully saturated rings. The van der Waals surface area contributed by atoms with Crippen LogP contribution in [0.1, 0.15) is 26.7 Å². The minimum atomic E-state index is 0.753. The average Bonchev–Trinajstić information content (AvgIpc) is 2.95. The second-order valence-corrected chi connectivity index (χ2v) is 5.54. The summed E-state index contributed by atoms with van der Waals surface area (Å²) >= 11 is 1.58. The summed E-state index contributed by atoms with van der Waals surface area (Å²) in [7, 11) is 0. The van der Waals surface area contributed by atoms with E-state index < -0.39 is 0 Å². The topological polar surface area (TPSA) is 53.6 Å². The molecule has 0 bridgehead atoms. The summed E-state index contributed by atoms with van der Waals surface area (Å²) in [6, 6.07) is 8.42. The number of hydrogen-bond donors (Lipinski definition) is 2. The minimum absolute atomic E-state index is 0.753. The van der Waals surface area contributed by atoms with Crippen LogP contribution in [-0.4, -0.2) is 21.7 Å². The van der Waals surface area contributed by atoms with Crippen LogP contribution >= 0.6 is 11.8 Å². The molecule has 0 spiro atoms. The number of hydrogen-bond acceptors (Lipinski definition) is 4. The van der Waals surface area contributed by atoms with Crippen LogP contribution in [0, 0.1) is 5.92 Å². The Bertz CT molecular complexity index is 463. The highest BCUT2D eigenvalue weighted by Crippen LogP contribution is 2.25. The summed E-state index contributed by atoms with van der Waals surface area (Å²) in [6.45, 7) is 5.53. The number of H-pyrrole nitrogens is 1. The van der Waals surface area contributed by atoms with Crippen molar-refractivity contribution in [1.82, 2.24) is 15.2 Å². The summed E-state index contributed by atoms with van der Waals surface area (Å²) in [5.74, 6) is 0.753. The molecule has 1 aromatic carbocycles. The fourth-order valence-electron chi connectivity index (χ4n) is 1.84. The first-order valence-corrected chi connectivity index (χ1v) is 7.50. The van der Waals surface area contributed by atoms with Gasteiger partial charge in [0.1, 0.15) is 6.33 Å². The number of nitrogens with zero attached hydrogens (tertiary/aromatic N) is 2. The van der Waals surface area contributed by atoms with Gasteiger partial charge in [0.25, 0.3) is 0 Å². The third-order valence-electron chi connectivity index (χ3n) is 3.21. The molecular formula is C14H20N4S. The molecule has 2 rings (SSSR count). The van der Waals surface area contributed by atoms with E-state index in [1.54, 1.807) is 11.8 Å². The van der Waals surface area contributed by atoms with Gasteiger partial charge in [-0.3, -0.25) is 5.10 Å². The quantitative estimate of drug-likeness (QED) is 0.807. The Balaban J connectivity index is 1.87. The predicted octanol–water partition coefficient (Wildman–Crippen LogP) is 3.80. The minimum Gasteiger partial charge on any atom is -0.385 e. The molecule has 102 valence electrons. The van der Waals surface area contributed by atoms with Crippen molar-refractivity contribution >= 4 is 17.4 Å². The maximum atomic E-state index is 4.10. The van der Waals surface area contributed by atoms with Gasteiger partial charge in [-0.2, -0.15) is 5.10 Å². The van der Waals surface area contributed by atoms with Crippen molar-refractivity contribution in [1.29, 1.82) is 0 Å². The molecule has 0 saturated carbocycles. The summed E-state index contributed by atoms with van der Waals surface area (Å²) in [6.07, 6.45) is 3.97. The van der Waals surface area contributed by atoms with E-state index in [4.69, 9.17) is 0 Å². The van der Waals surface area contributed by atoms with E-state index >= 15 is 0 Å². The van der Waals surface area contributed by atoms with Crippen molar-refractivity contribution < 1.29 is 0 Å².